The first-order valence-corrected chi connectivity index (χ1v) is 5.39. The molecule has 3 rings (SSSR count). The molecule has 2 aromatic carbocycles. The summed E-state index contributed by atoms with van der Waals surface area (Å²) in [5.41, 5.74) is 4.92. The SMILES string of the molecule is CN1c2ccccc2Cc2cc(O)ccc21. The molecule has 2 nitrogen and oxygen atoms in total. The van der Waals surface area contributed by atoms with Gasteiger partial charge in [0.25, 0.3) is 0 Å². The number of phenols is 1. The number of hydrogen-bond acceptors (Lipinski definition) is 2. The second-order valence-electron chi connectivity index (χ2n) is 4.18. The molecule has 0 amide bonds. The zero-order valence-electron chi connectivity index (χ0n) is 9.14. The number of fused-ring (bicyclic) bond motifs is 2. The molecular formula is C14H13NO. The van der Waals surface area contributed by atoms with E-state index in [0.717, 1.165) is 6.42 Å². The standard InChI is InChI=1S/C14H13NO/c1-15-13-5-3-2-4-10(13)8-11-9-12(16)6-7-14(11)15/h2-7,9,16H,8H2,1H3. The molecule has 1 aliphatic heterocycles. The molecular weight excluding hydrogens is 198 g/mol. The van der Waals surface area contributed by atoms with E-state index in [4.69, 9.17) is 0 Å². The number of benzene rings is 2. The van der Waals surface area contributed by atoms with Crippen LogP contribution in [0.5, 0.6) is 5.75 Å². The Bertz CT molecular complexity index is 548. The van der Waals surface area contributed by atoms with Gasteiger partial charge in [-0.3, -0.25) is 0 Å². The summed E-state index contributed by atoms with van der Waals surface area (Å²) in [6, 6.07) is 13.9. The number of para-hydroxylation sites is 1. The fourth-order valence-electron chi connectivity index (χ4n) is 2.36. The first kappa shape index (κ1) is 9.28. The van der Waals surface area contributed by atoms with Crippen LogP contribution in [0.2, 0.25) is 0 Å². The van der Waals surface area contributed by atoms with Gasteiger partial charge in [-0.05, 0) is 35.4 Å². The second kappa shape index (κ2) is 3.27. The molecule has 1 heterocycles. The molecule has 2 aromatic rings. The third-order valence-electron chi connectivity index (χ3n) is 3.16. The summed E-state index contributed by atoms with van der Waals surface area (Å²) in [4.78, 5) is 2.17. The van der Waals surface area contributed by atoms with E-state index in [-0.39, 0.29) is 0 Å². The monoisotopic (exact) mass is 211 g/mol. The van der Waals surface area contributed by atoms with Crippen molar-refractivity contribution in [2.24, 2.45) is 0 Å². The summed E-state index contributed by atoms with van der Waals surface area (Å²) in [6.45, 7) is 0. The molecule has 0 spiro atoms. The number of aromatic hydroxyl groups is 1. The van der Waals surface area contributed by atoms with Crippen LogP contribution >= 0.6 is 0 Å². The van der Waals surface area contributed by atoms with E-state index in [0.29, 0.717) is 5.75 Å². The van der Waals surface area contributed by atoms with Crippen molar-refractivity contribution in [2.45, 2.75) is 6.42 Å². The minimum absolute atomic E-state index is 0.339. The van der Waals surface area contributed by atoms with Crippen molar-refractivity contribution in [2.75, 3.05) is 11.9 Å². The van der Waals surface area contributed by atoms with Gasteiger partial charge in [-0.1, -0.05) is 18.2 Å². The lowest BCUT2D eigenvalue weighted by Crippen LogP contribution is -2.18. The van der Waals surface area contributed by atoms with E-state index >= 15 is 0 Å². The fourth-order valence-corrected chi connectivity index (χ4v) is 2.36. The van der Waals surface area contributed by atoms with E-state index in [1.165, 1.54) is 22.5 Å². The molecule has 0 aromatic heterocycles. The summed E-state index contributed by atoms with van der Waals surface area (Å²) < 4.78 is 0. The highest BCUT2D eigenvalue weighted by molar-refractivity contribution is 5.74. The zero-order chi connectivity index (χ0) is 11.1. The third kappa shape index (κ3) is 1.27. The third-order valence-corrected chi connectivity index (χ3v) is 3.16. The number of phenolic OH excluding ortho intramolecular Hbond substituents is 1. The number of hydrogen-bond donors (Lipinski definition) is 1. The average Bonchev–Trinajstić information content (AvgIpc) is 2.29. The van der Waals surface area contributed by atoms with Crippen molar-refractivity contribution in [3.05, 3.63) is 53.6 Å². The van der Waals surface area contributed by atoms with Gasteiger partial charge in [-0.15, -0.1) is 0 Å². The van der Waals surface area contributed by atoms with Gasteiger partial charge >= 0.3 is 0 Å². The van der Waals surface area contributed by atoms with Gasteiger partial charge in [0.2, 0.25) is 0 Å². The Morgan fingerprint density at radius 1 is 1.00 bits per heavy atom. The highest BCUT2D eigenvalue weighted by atomic mass is 16.3. The van der Waals surface area contributed by atoms with E-state index in [9.17, 15) is 5.11 Å². The maximum Gasteiger partial charge on any atom is 0.116 e. The van der Waals surface area contributed by atoms with Crippen LogP contribution in [0.1, 0.15) is 11.1 Å². The molecule has 16 heavy (non-hydrogen) atoms. The Hall–Kier alpha value is -1.96. The largest absolute Gasteiger partial charge is 0.508 e. The number of rotatable bonds is 0. The molecule has 80 valence electrons. The summed E-state index contributed by atoms with van der Waals surface area (Å²) in [6.07, 6.45) is 0.893. The Morgan fingerprint density at radius 2 is 1.75 bits per heavy atom. The molecule has 0 fully saturated rings. The summed E-state index contributed by atoms with van der Waals surface area (Å²) in [7, 11) is 2.06. The van der Waals surface area contributed by atoms with Crippen LogP contribution in [-0.4, -0.2) is 12.2 Å². The minimum atomic E-state index is 0.339. The van der Waals surface area contributed by atoms with Crippen LogP contribution in [-0.2, 0) is 6.42 Å². The van der Waals surface area contributed by atoms with Gasteiger partial charge in [-0.25, -0.2) is 0 Å². The topological polar surface area (TPSA) is 23.5 Å². The van der Waals surface area contributed by atoms with Gasteiger partial charge in [-0.2, -0.15) is 0 Å². The number of nitrogens with zero attached hydrogens (tertiary/aromatic N) is 1. The van der Waals surface area contributed by atoms with E-state index in [1.807, 2.05) is 12.1 Å². The van der Waals surface area contributed by atoms with Crippen LogP contribution in [0.15, 0.2) is 42.5 Å². The predicted octanol–water partition coefficient (Wildman–Crippen LogP) is 3.06. The molecule has 0 atom stereocenters. The van der Waals surface area contributed by atoms with Crippen LogP contribution in [0, 0.1) is 0 Å². The minimum Gasteiger partial charge on any atom is -0.508 e. The van der Waals surface area contributed by atoms with Crippen LogP contribution in [0.25, 0.3) is 0 Å². The van der Waals surface area contributed by atoms with Gasteiger partial charge in [0, 0.05) is 24.8 Å². The highest BCUT2D eigenvalue weighted by Gasteiger charge is 2.19. The first-order chi connectivity index (χ1) is 7.75. The van der Waals surface area contributed by atoms with E-state index < -0.39 is 0 Å². The van der Waals surface area contributed by atoms with Gasteiger partial charge in [0.1, 0.15) is 5.75 Å². The Labute approximate surface area is 94.8 Å². The quantitative estimate of drug-likeness (QED) is 0.724. The van der Waals surface area contributed by atoms with Crippen molar-refractivity contribution in [3.8, 4) is 5.75 Å². The summed E-state index contributed by atoms with van der Waals surface area (Å²) in [5, 5.41) is 9.50. The van der Waals surface area contributed by atoms with E-state index in [2.05, 4.69) is 36.2 Å². The van der Waals surface area contributed by atoms with Gasteiger partial charge < -0.3 is 10.0 Å². The Kier molecular flexibility index (Phi) is 1.90. The molecule has 0 unspecified atom stereocenters. The molecule has 0 aliphatic carbocycles. The molecule has 0 saturated carbocycles. The van der Waals surface area contributed by atoms with Gasteiger partial charge in [0.05, 0.1) is 0 Å². The number of anilines is 2. The summed E-state index contributed by atoms with van der Waals surface area (Å²) >= 11 is 0. The van der Waals surface area contributed by atoms with Crippen molar-refractivity contribution in [1.29, 1.82) is 0 Å². The zero-order valence-corrected chi connectivity index (χ0v) is 9.14. The molecule has 0 bridgehead atoms. The lowest BCUT2D eigenvalue weighted by molar-refractivity contribution is 0.474. The lowest BCUT2D eigenvalue weighted by atomic mass is 9.96. The Balaban J connectivity index is 2.18. The predicted molar refractivity (Wildman–Crippen MR) is 65.4 cm³/mol. The maximum absolute atomic E-state index is 9.50. The fraction of sp³-hybridized carbons (Fsp3) is 0.143. The average molecular weight is 211 g/mol. The first-order valence-electron chi connectivity index (χ1n) is 5.39. The van der Waals surface area contributed by atoms with Gasteiger partial charge in [0.15, 0.2) is 0 Å². The van der Waals surface area contributed by atoms with Crippen molar-refractivity contribution in [1.82, 2.24) is 0 Å². The normalized spacial score (nSPS) is 13.2. The molecule has 2 heteroatoms. The van der Waals surface area contributed by atoms with Crippen LogP contribution in [0.4, 0.5) is 11.4 Å². The maximum atomic E-state index is 9.50. The molecule has 1 N–H and O–H groups in total. The lowest BCUT2D eigenvalue weighted by Gasteiger charge is -2.30. The van der Waals surface area contributed by atoms with Crippen LogP contribution in [0.3, 0.4) is 0 Å². The van der Waals surface area contributed by atoms with Crippen molar-refractivity contribution >= 4 is 11.4 Å². The smallest absolute Gasteiger partial charge is 0.116 e. The van der Waals surface area contributed by atoms with Crippen molar-refractivity contribution in [3.63, 3.8) is 0 Å². The van der Waals surface area contributed by atoms with Crippen molar-refractivity contribution < 1.29 is 5.11 Å². The molecule has 0 radical (unpaired) electrons. The summed E-state index contributed by atoms with van der Waals surface area (Å²) in [5.74, 6) is 0.339. The Morgan fingerprint density at radius 3 is 2.62 bits per heavy atom. The molecule has 0 saturated heterocycles. The van der Waals surface area contributed by atoms with Crippen LogP contribution < -0.4 is 4.90 Å². The van der Waals surface area contributed by atoms with E-state index in [1.54, 1.807) is 6.07 Å². The highest BCUT2D eigenvalue weighted by Crippen LogP contribution is 2.38. The molecule has 1 aliphatic rings. The second-order valence-corrected chi connectivity index (χ2v) is 4.18.